The van der Waals surface area contributed by atoms with Gasteiger partial charge in [-0.2, -0.15) is 4.31 Å². The molecule has 3 N–H and O–H groups in total. The normalized spacial score (nSPS) is 11.2. The Morgan fingerprint density at radius 2 is 1.41 bits per heavy atom. The van der Waals surface area contributed by atoms with E-state index in [0.717, 1.165) is 0 Å². The Bertz CT molecular complexity index is 1080. The number of carbonyl (C=O) groups excluding carboxylic acids is 3. The number of carbonyl (C=O) groups is 3. The van der Waals surface area contributed by atoms with E-state index in [-0.39, 0.29) is 26.1 Å². The molecule has 9 nitrogen and oxygen atoms in total. The van der Waals surface area contributed by atoms with Crippen LogP contribution in [0, 0.1) is 0 Å². The van der Waals surface area contributed by atoms with Crippen LogP contribution in [0.25, 0.3) is 0 Å². The van der Waals surface area contributed by atoms with Crippen molar-refractivity contribution in [3.8, 4) is 0 Å². The Morgan fingerprint density at radius 1 is 0.844 bits per heavy atom. The molecule has 3 amide bonds. The molecule has 0 aromatic heterocycles. The molecule has 0 saturated carbocycles. The van der Waals surface area contributed by atoms with Gasteiger partial charge in [0.1, 0.15) is 0 Å². The lowest BCUT2D eigenvalue weighted by Gasteiger charge is -2.18. The van der Waals surface area contributed by atoms with Crippen LogP contribution in [0.1, 0.15) is 34.6 Å². The van der Waals surface area contributed by atoms with Gasteiger partial charge < -0.3 is 5.32 Å². The molecule has 0 unspecified atom stereocenters. The van der Waals surface area contributed by atoms with Crippen LogP contribution in [0.4, 0.5) is 0 Å². The summed E-state index contributed by atoms with van der Waals surface area (Å²) in [5.41, 5.74) is 4.66. The van der Waals surface area contributed by atoms with E-state index in [9.17, 15) is 22.8 Å². The van der Waals surface area contributed by atoms with Gasteiger partial charge >= 0.3 is 0 Å². The summed E-state index contributed by atoms with van der Waals surface area (Å²) in [4.78, 5) is 36.2. The summed E-state index contributed by atoms with van der Waals surface area (Å²) in [7, 11) is -3.63. The number of amides is 3. The highest BCUT2D eigenvalue weighted by Gasteiger charge is 2.21. The topological polar surface area (TPSA) is 125 Å². The molecular weight excluding hydrogens is 479 g/mol. The van der Waals surface area contributed by atoms with E-state index in [1.165, 1.54) is 46.8 Å². The molecule has 0 aliphatic heterocycles. The number of hydrogen-bond acceptors (Lipinski definition) is 5. The molecule has 0 bridgehead atoms. The zero-order valence-corrected chi connectivity index (χ0v) is 19.6. The first kappa shape index (κ1) is 25.6. The molecule has 0 saturated heterocycles. The summed E-state index contributed by atoms with van der Waals surface area (Å²) < 4.78 is 26.3. The van der Waals surface area contributed by atoms with Crippen LogP contribution < -0.4 is 16.2 Å². The van der Waals surface area contributed by atoms with E-state index in [2.05, 4.69) is 16.2 Å². The summed E-state index contributed by atoms with van der Waals surface area (Å²) in [6.45, 7) is 3.71. The summed E-state index contributed by atoms with van der Waals surface area (Å²) in [6.07, 6.45) is 0. The minimum atomic E-state index is -3.63. The van der Waals surface area contributed by atoms with Crippen LogP contribution >= 0.6 is 23.2 Å². The maximum absolute atomic E-state index is 12.5. The first-order chi connectivity index (χ1) is 15.1. The standard InChI is InChI=1S/C20H22Cl2N4O5S/c1-3-26(4-2)32(30,31)17-7-5-13(6-8-17)19(28)23-12-18(27)24-25-20(29)14-9-15(21)11-16(22)10-14/h5-11H,3-4,12H2,1-2H3,(H,23,28)(H,24,27)(H,25,29). The number of hydrogen-bond donors (Lipinski definition) is 3. The van der Waals surface area contributed by atoms with E-state index in [1.807, 2.05) is 0 Å². The Labute approximate surface area is 196 Å². The van der Waals surface area contributed by atoms with Crippen molar-refractivity contribution < 1.29 is 22.8 Å². The Balaban J connectivity index is 1.89. The van der Waals surface area contributed by atoms with E-state index in [1.54, 1.807) is 13.8 Å². The van der Waals surface area contributed by atoms with Gasteiger partial charge in [-0.1, -0.05) is 37.0 Å². The third-order valence-electron chi connectivity index (χ3n) is 4.31. The van der Waals surface area contributed by atoms with Gasteiger partial charge in [0.2, 0.25) is 10.0 Å². The zero-order chi connectivity index (χ0) is 23.9. The fourth-order valence-corrected chi connectivity index (χ4v) is 4.67. The van der Waals surface area contributed by atoms with Gasteiger partial charge in [0.25, 0.3) is 17.7 Å². The van der Waals surface area contributed by atoms with Crippen LogP contribution in [0.3, 0.4) is 0 Å². The molecule has 2 aromatic rings. The van der Waals surface area contributed by atoms with Crippen molar-refractivity contribution in [1.82, 2.24) is 20.5 Å². The number of nitrogens with one attached hydrogen (secondary N) is 3. The monoisotopic (exact) mass is 500 g/mol. The maximum atomic E-state index is 12.5. The Hall–Kier alpha value is -2.66. The van der Waals surface area contributed by atoms with E-state index in [4.69, 9.17) is 23.2 Å². The molecule has 12 heteroatoms. The average Bonchev–Trinajstić information content (AvgIpc) is 2.75. The molecule has 32 heavy (non-hydrogen) atoms. The van der Waals surface area contributed by atoms with Gasteiger partial charge in [-0.25, -0.2) is 8.42 Å². The molecule has 0 heterocycles. The molecule has 2 aromatic carbocycles. The highest BCUT2D eigenvalue weighted by Crippen LogP contribution is 2.19. The lowest BCUT2D eigenvalue weighted by atomic mass is 10.2. The maximum Gasteiger partial charge on any atom is 0.269 e. The highest BCUT2D eigenvalue weighted by molar-refractivity contribution is 7.89. The molecule has 2 rings (SSSR count). The first-order valence-corrected chi connectivity index (χ1v) is 11.7. The third kappa shape index (κ3) is 6.67. The van der Waals surface area contributed by atoms with Crippen LogP contribution in [0.15, 0.2) is 47.4 Å². The van der Waals surface area contributed by atoms with Crippen molar-refractivity contribution >= 4 is 50.9 Å². The van der Waals surface area contributed by atoms with Crippen LogP contribution in [0.5, 0.6) is 0 Å². The minimum absolute atomic E-state index is 0.0688. The van der Waals surface area contributed by atoms with Crippen LogP contribution in [-0.4, -0.2) is 50.1 Å². The van der Waals surface area contributed by atoms with Gasteiger partial charge in [-0.05, 0) is 42.5 Å². The van der Waals surface area contributed by atoms with Gasteiger partial charge in [-0.3, -0.25) is 25.2 Å². The molecular formula is C20H22Cl2N4O5S. The fraction of sp³-hybridized carbons (Fsp3) is 0.250. The van der Waals surface area contributed by atoms with Gasteiger partial charge in [0.05, 0.1) is 11.4 Å². The minimum Gasteiger partial charge on any atom is -0.343 e. The van der Waals surface area contributed by atoms with Crippen molar-refractivity contribution in [3.63, 3.8) is 0 Å². The highest BCUT2D eigenvalue weighted by atomic mass is 35.5. The summed E-state index contributed by atoms with van der Waals surface area (Å²) in [6, 6.07) is 9.59. The second-order valence-corrected chi connectivity index (χ2v) is 9.27. The van der Waals surface area contributed by atoms with Crippen LogP contribution in [-0.2, 0) is 14.8 Å². The molecule has 0 fully saturated rings. The van der Waals surface area contributed by atoms with Crippen molar-refractivity contribution in [1.29, 1.82) is 0 Å². The lowest BCUT2D eigenvalue weighted by molar-refractivity contribution is -0.120. The van der Waals surface area contributed by atoms with Gasteiger partial charge in [-0.15, -0.1) is 0 Å². The predicted molar refractivity (Wildman–Crippen MR) is 121 cm³/mol. The molecule has 0 aliphatic rings. The SMILES string of the molecule is CCN(CC)S(=O)(=O)c1ccc(C(=O)NCC(=O)NNC(=O)c2cc(Cl)cc(Cl)c2)cc1. The predicted octanol–water partition coefficient (Wildman–Crippen LogP) is 2.21. The lowest BCUT2D eigenvalue weighted by Crippen LogP contribution is -2.46. The molecule has 0 atom stereocenters. The average molecular weight is 501 g/mol. The van der Waals surface area contributed by atoms with Crippen molar-refractivity contribution in [2.24, 2.45) is 0 Å². The quantitative estimate of drug-likeness (QED) is 0.479. The number of halogens is 2. The summed E-state index contributed by atoms with van der Waals surface area (Å²) in [5, 5.41) is 2.90. The van der Waals surface area contributed by atoms with Crippen molar-refractivity contribution in [3.05, 3.63) is 63.6 Å². The molecule has 0 aliphatic carbocycles. The fourth-order valence-electron chi connectivity index (χ4n) is 2.68. The van der Waals surface area contributed by atoms with Gasteiger partial charge in [0, 0.05) is 34.3 Å². The van der Waals surface area contributed by atoms with E-state index in [0.29, 0.717) is 13.1 Å². The van der Waals surface area contributed by atoms with Crippen LogP contribution in [0.2, 0.25) is 10.0 Å². The molecule has 172 valence electrons. The third-order valence-corrected chi connectivity index (χ3v) is 6.81. The second-order valence-electron chi connectivity index (χ2n) is 6.46. The largest absolute Gasteiger partial charge is 0.343 e. The molecule has 0 radical (unpaired) electrons. The van der Waals surface area contributed by atoms with Crippen molar-refractivity contribution in [2.75, 3.05) is 19.6 Å². The number of nitrogens with zero attached hydrogens (tertiary/aromatic N) is 1. The summed E-state index contributed by atoms with van der Waals surface area (Å²) in [5.74, 6) is -1.90. The number of sulfonamides is 1. The van der Waals surface area contributed by atoms with E-state index < -0.39 is 34.3 Å². The number of benzene rings is 2. The van der Waals surface area contributed by atoms with Gasteiger partial charge in [0.15, 0.2) is 0 Å². The number of hydrazine groups is 1. The van der Waals surface area contributed by atoms with Crippen molar-refractivity contribution in [2.45, 2.75) is 18.7 Å². The Kier molecular flexibility index (Phi) is 9.02. The zero-order valence-electron chi connectivity index (χ0n) is 17.3. The first-order valence-electron chi connectivity index (χ1n) is 9.52. The molecule has 0 spiro atoms. The van der Waals surface area contributed by atoms with E-state index >= 15 is 0 Å². The number of rotatable bonds is 8. The smallest absolute Gasteiger partial charge is 0.269 e. The Morgan fingerprint density at radius 3 is 1.94 bits per heavy atom. The summed E-state index contributed by atoms with van der Waals surface area (Å²) >= 11 is 11.7. The second kappa shape index (κ2) is 11.3.